The van der Waals surface area contributed by atoms with Crippen LogP contribution in [0.1, 0.15) is 194 Å². The molecule has 1 atom stereocenters. The molecule has 0 radical (unpaired) electrons. The molecule has 0 spiro atoms. The van der Waals surface area contributed by atoms with E-state index in [2.05, 4.69) is 26.0 Å². The van der Waals surface area contributed by atoms with Gasteiger partial charge in [0.25, 0.3) is 0 Å². The first-order valence-electron chi connectivity index (χ1n) is 16.5. The van der Waals surface area contributed by atoms with Crippen LogP contribution in [0.5, 0.6) is 0 Å². The van der Waals surface area contributed by atoms with Crippen LogP contribution in [0.25, 0.3) is 0 Å². The van der Waals surface area contributed by atoms with Gasteiger partial charge in [0.1, 0.15) is 5.78 Å². The van der Waals surface area contributed by atoms with Gasteiger partial charge in [-0.05, 0) is 38.5 Å². The fraction of sp³-hybridized carbons (Fsp3) is 0.912. The zero-order valence-electron chi connectivity index (χ0n) is 24.9. The molecule has 0 aromatic carbocycles. The van der Waals surface area contributed by atoms with E-state index in [0.717, 1.165) is 19.3 Å². The lowest BCUT2D eigenvalue weighted by molar-refractivity contribution is -0.121. The maximum Gasteiger partial charge on any atom is 0.135 e. The Hall–Kier alpha value is -0.630. The Kier molecular flexibility index (Phi) is 30.1. The molecule has 0 amide bonds. The number of hydrogen-bond acceptors (Lipinski definition) is 2. The maximum atomic E-state index is 12.1. The van der Waals surface area contributed by atoms with Gasteiger partial charge in [-0.15, -0.1) is 0 Å². The van der Waals surface area contributed by atoms with Crippen LogP contribution in [0.4, 0.5) is 0 Å². The van der Waals surface area contributed by atoms with Gasteiger partial charge < -0.3 is 5.11 Å². The molecule has 0 aliphatic heterocycles. The minimum atomic E-state index is -0.420. The second-order valence-corrected chi connectivity index (χ2v) is 11.4. The molecule has 0 aromatic rings. The molecule has 0 aromatic heterocycles. The number of carbonyl (C=O) groups is 1. The van der Waals surface area contributed by atoms with Crippen molar-refractivity contribution in [1.82, 2.24) is 0 Å². The summed E-state index contributed by atoms with van der Waals surface area (Å²) < 4.78 is 0. The first-order valence-corrected chi connectivity index (χ1v) is 16.5. The minimum Gasteiger partial charge on any atom is -0.393 e. The van der Waals surface area contributed by atoms with Gasteiger partial charge in [0.15, 0.2) is 0 Å². The number of aliphatic hydroxyl groups is 1. The summed E-state index contributed by atoms with van der Waals surface area (Å²) >= 11 is 0. The van der Waals surface area contributed by atoms with Crippen LogP contribution >= 0.6 is 0 Å². The summed E-state index contributed by atoms with van der Waals surface area (Å²) in [4.78, 5) is 12.1. The van der Waals surface area contributed by atoms with Crippen molar-refractivity contribution in [3.8, 4) is 0 Å². The van der Waals surface area contributed by atoms with E-state index in [4.69, 9.17) is 0 Å². The Labute approximate surface area is 227 Å². The minimum absolute atomic E-state index is 0.265. The molecule has 1 N–H and O–H groups in total. The second kappa shape index (κ2) is 30.6. The molecule has 0 saturated heterocycles. The number of allylic oxidation sites excluding steroid dienone is 2. The number of Topliss-reactive ketones (excluding diaryl/α,β-unsaturated/α-hetero) is 1. The lowest BCUT2D eigenvalue weighted by Gasteiger charge is -2.09. The van der Waals surface area contributed by atoms with E-state index < -0.39 is 6.10 Å². The molecular weight excluding hydrogens is 440 g/mol. The fourth-order valence-corrected chi connectivity index (χ4v) is 5.08. The number of unbranched alkanes of at least 4 members (excludes halogenated alkanes) is 22. The van der Waals surface area contributed by atoms with Gasteiger partial charge in [-0.1, -0.05) is 154 Å². The Morgan fingerprint density at radius 1 is 0.528 bits per heavy atom. The Balaban J connectivity index is 3.33. The molecule has 1 unspecified atom stereocenters. The SMILES string of the molecule is CCCCCCCCC=CCCCCCCC(O)CC(=O)CCCCCCCCCCCCCCC. The van der Waals surface area contributed by atoms with Crippen LogP contribution in [0, 0.1) is 0 Å². The largest absolute Gasteiger partial charge is 0.393 e. The summed E-state index contributed by atoms with van der Waals surface area (Å²) in [5.74, 6) is 0.265. The van der Waals surface area contributed by atoms with Crippen molar-refractivity contribution in [1.29, 1.82) is 0 Å². The molecule has 36 heavy (non-hydrogen) atoms. The van der Waals surface area contributed by atoms with Crippen LogP contribution in [-0.4, -0.2) is 17.0 Å². The summed E-state index contributed by atoms with van der Waals surface area (Å²) in [5, 5.41) is 10.2. The average Bonchev–Trinajstić information content (AvgIpc) is 2.87. The topological polar surface area (TPSA) is 37.3 Å². The van der Waals surface area contributed by atoms with Gasteiger partial charge in [-0.2, -0.15) is 0 Å². The molecule has 0 heterocycles. The predicted molar refractivity (Wildman–Crippen MR) is 161 cm³/mol. The van der Waals surface area contributed by atoms with Gasteiger partial charge in [-0.3, -0.25) is 4.79 Å². The zero-order chi connectivity index (χ0) is 26.4. The van der Waals surface area contributed by atoms with Crippen molar-refractivity contribution in [3.05, 3.63) is 12.2 Å². The van der Waals surface area contributed by atoms with Gasteiger partial charge in [-0.25, -0.2) is 0 Å². The van der Waals surface area contributed by atoms with Gasteiger partial charge in [0, 0.05) is 12.8 Å². The van der Waals surface area contributed by atoms with Gasteiger partial charge in [0.2, 0.25) is 0 Å². The van der Waals surface area contributed by atoms with Gasteiger partial charge >= 0.3 is 0 Å². The zero-order valence-corrected chi connectivity index (χ0v) is 24.9. The number of aliphatic hydroxyl groups excluding tert-OH is 1. The molecule has 0 fully saturated rings. The van der Waals surface area contributed by atoms with E-state index in [1.165, 1.54) is 148 Å². The van der Waals surface area contributed by atoms with Gasteiger partial charge in [0.05, 0.1) is 6.10 Å². The predicted octanol–water partition coefficient (Wildman–Crippen LogP) is 11.4. The number of carbonyl (C=O) groups excluding carboxylic acids is 1. The standard InChI is InChI=1S/C34H66O2/c1-3-5-7-9-11-13-15-17-19-21-23-25-27-29-31-34(36)32-33(35)30-28-26-24-22-20-18-16-14-12-10-8-6-4-2/h17,19,34,36H,3-16,18,20-32H2,1-2H3. The molecule has 2 heteroatoms. The monoisotopic (exact) mass is 507 g/mol. The van der Waals surface area contributed by atoms with Crippen LogP contribution in [0.3, 0.4) is 0 Å². The first-order chi connectivity index (χ1) is 17.7. The maximum absolute atomic E-state index is 12.1. The summed E-state index contributed by atoms with van der Waals surface area (Å²) in [5.41, 5.74) is 0. The highest BCUT2D eigenvalue weighted by Crippen LogP contribution is 2.15. The van der Waals surface area contributed by atoms with Crippen molar-refractivity contribution < 1.29 is 9.90 Å². The van der Waals surface area contributed by atoms with Crippen LogP contribution < -0.4 is 0 Å². The highest BCUT2D eigenvalue weighted by molar-refractivity contribution is 5.78. The molecule has 0 saturated carbocycles. The molecule has 214 valence electrons. The quantitative estimate of drug-likeness (QED) is 0.0776. The van der Waals surface area contributed by atoms with E-state index in [1.54, 1.807) is 0 Å². The Morgan fingerprint density at radius 3 is 1.33 bits per heavy atom. The third-order valence-corrected chi connectivity index (χ3v) is 7.57. The summed E-state index contributed by atoms with van der Waals surface area (Å²) in [6, 6.07) is 0. The van der Waals surface area contributed by atoms with E-state index in [9.17, 15) is 9.90 Å². The summed E-state index contributed by atoms with van der Waals surface area (Å²) in [6.45, 7) is 4.55. The van der Waals surface area contributed by atoms with Crippen molar-refractivity contribution in [2.45, 2.75) is 200 Å². The number of rotatable bonds is 30. The third kappa shape index (κ3) is 29.6. The van der Waals surface area contributed by atoms with Crippen molar-refractivity contribution >= 4 is 5.78 Å². The van der Waals surface area contributed by atoms with Crippen molar-refractivity contribution in [2.75, 3.05) is 0 Å². The summed E-state index contributed by atoms with van der Waals surface area (Å²) in [6.07, 6.45) is 38.9. The lowest BCUT2D eigenvalue weighted by Crippen LogP contribution is -2.13. The van der Waals surface area contributed by atoms with Crippen LogP contribution in [0.2, 0.25) is 0 Å². The molecule has 0 rings (SSSR count). The first kappa shape index (κ1) is 35.4. The van der Waals surface area contributed by atoms with Crippen LogP contribution in [0.15, 0.2) is 12.2 Å². The fourth-order valence-electron chi connectivity index (χ4n) is 5.08. The van der Waals surface area contributed by atoms with E-state index in [0.29, 0.717) is 12.8 Å². The molecule has 0 aliphatic carbocycles. The second-order valence-electron chi connectivity index (χ2n) is 11.4. The summed E-state index contributed by atoms with van der Waals surface area (Å²) in [7, 11) is 0. The highest BCUT2D eigenvalue weighted by Gasteiger charge is 2.10. The average molecular weight is 507 g/mol. The normalized spacial score (nSPS) is 12.5. The van der Waals surface area contributed by atoms with E-state index >= 15 is 0 Å². The molecule has 2 nitrogen and oxygen atoms in total. The molecule has 0 bridgehead atoms. The van der Waals surface area contributed by atoms with Crippen molar-refractivity contribution in [2.24, 2.45) is 0 Å². The Bertz CT molecular complexity index is 456. The molecular formula is C34H66O2. The number of hydrogen-bond donors (Lipinski definition) is 1. The smallest absolute Gasteiger partial charge is 0.135 e. The number of ketones is 1. The van der Waals surface area contributed by atoms with E-state index in [1.807, 2.05) is 0 Å². The highest BCUT2D eigenvalue weighted by atomic mass is 16.3. The van der Waals surface area contributed by atoms with Crippen LogP contribution in [-0.2, 0) is 4.79 Å². The molecule has 0 aliphatic rings. The third-order valence-electron chi connectivity index (χ3n) is 7.57. The van der Waals surface area contributed by atoms with Crippen molar-refractivity contribution in [3.63, 3.8) is 0 Å². The Morgan fingerprint density at radius 2 is 0.889 bits per heavy atom. The van der Waals surface area contributed by atoms with E-state index in [-0.39, 0.29) is 5.78 Å². The lowest BCUT2D eigenvalue weighted by atomic mass is 10.0.